The number of nitrogens with zero attached hydrogens (tertiary/aromatic N) is 2. The molecule has 0 aliphatic rings. The van der Waals surface area contributed by atoms with Crippen LogP contribution in [0.4, 0.5) is 0 Å². The minimum atomic E-state index is -1.01. The predicted octanol–water partition coefficient (Wildman–Crippen LogP) is 3.62. The molecule has 1 aromatic carbocycles. The Bertz CT molecular complexity index is 1050. The summed E-state index contributed by atoms with van der Waals surface area (Å²) >= 11 is 0. The van der Waals surface area contributed by atoms with Crippen LogP contribution in [0.25, 0.3) is 11.3 Å². The number of rotatable bonds is 7. The number of aryl methyl sites for hydroxylation is 3. The highest BCUT2D eigenvalue weighted by atomic mass is 16.5. The Labute approximate surface area is 173 Å². The molecule has 0 fully saturated rings. The molecule has 0 unspecified atom stereocenters. The van der Waals surface area contributed by atoms with Crippen molar-refractivity contribution < 1.29 is 24.0 Å². The van der Waals surface area contributed by atoms with Gasteiger partial charge in [0, 0.05) is 0 Å². The first-order chi connectivity index (χ1) is 14.3. The first kappa shape index (κ1) is 21.0. The van der Waals surface area contributed by atoms with E-state index < -0.39 is 17.9 Å². The Morgan fingerprint density at radius 2 is 1.83 bits per heavy atom. The fourth-order valence-electron chi connectivity index (χ4n) is 3.20. The maximum atomic E-state index is 12.9. The number of methoxy groups -OCH3 is 1. The zero-order chi connectivity index (χ0) is 21.8. The number of carboxylic acids is 1. The van der Waals surface area contributed by atoms with Gasteiger partial charge in [-0.05, 0) is 38.5 Å². The molecule has 156 valence electrons. The lowest BCUT2D eigenvalue weighted by Gasteiger charge is -2.18. The average Bonchev–Trinajstić information content (AvgIpc) is 3.05. The lowest BCUT2D eigenvalue weighted by Crippen LogP contribution is -2.31. The molecule has 0 aliphatic carbocycles. The molecular weight excluding hydrogens is 386 g/mol. The molecule has 0 saturated carbocycles. The Balaban J connectivity index is 1.94. The minimum Gasteiger partial charge on any atom is -0.494 e. The molecular formula is C22H23N3O5. The molecule has 0 radical (unpaired) electrons. The van der Waals surface area contributed by atoms with Crippen LogP contribution in [0.15, 0.2) is 40.9 Å². The van der Waals surface area contributed by atoms with Crippen LogP contribution < -0.4 is 10.1 Å². The summed E-state index contributed by atoms with van der Waals surface area (Å²) in [4.78, 5) is 28.7. The van der Waals surface area contributed by atoms with Gasteiger partial charge in [-0.15, -0.1) is 0 Å². The molecule has 8 nitrogen and oxygen atoms in total. The first-order valence-electron chi connectivity index (χ1n) is 9.37. The van der Waals surface area contributed by atoms with Gasteiger partial charge in [0.25, 0.3) is 5.91 Å². The number of aliphatic carboxylic acids is 1. The lowest BCUT2D eigenvalue weighted by molar-refractivity contribution is -0.137. The van der Waals surface area contributed by atoms with Crippen molar-refractivity contribution in [3.8, 4) is 17.0 Å². The molecule has 0 bridgehead atoms. The first-order valence-corrected chi connectivity index (χ1v) is 9.37. The van der Waals surface area contributed by atoms with Gasteiger partial charge in [0.1, 0.15) is 22.9 Å². The number of hydrogen-bond donors (Lipinski definition) is 2. The molecule has 30 heavy (non-hydrogen) atoms. The number of nitrogens with one attached hydrogen (secondary N) is 1. The molecule has 3 rings (SSSR count). The topological polar surface area (TPSA) is 115 Å². The summed E-state index contributed by atoms with van der Waals surface area (Å²) < 4.78 is 10.6. The second kappa shape index (κ2) is 8.77. The van der Waals surface area contributed by atoms with E-state index in [0.717, 1.165) is 5.56 Å². The number of amides is 1. The largest absolute Gasteiger partial charge is 0.494 e. The van der Waals surface area contributed by atoms with Crippen molar-refractivity contribution in [2.24, 2.45) is 0 Å². The van der Waals surface area contributed by atoms with E-state index in [1.807, 2.05) is 19.1 Å². The fraction of sp³-hybridized carbons (Fsp3) is 0.273. The van der Waals surface area contributed by atoms with Gasteiger partial charge in [-0.2, -0.15) is 0 Å². The van der Waals surface area contributed by atoms with Crippen LogP contribution in [0.1, 0.15) is 45.5 Å². The lowest BCUT2D eigenvalue weighted by atomic mass is 10.0. The monoisotopic (exact) mass is 409 g/mol. The Hall–Kier alpha value is -3.68. The summed E-state index contributed by atoms with van der Waals surface area (Å²) in [5.41, 5.74) is 3.59. The number of aromatic nitrogens is 2. The number of carbonyl (C=O) groups is 2. The fourth-order valence-corrected chi connectivity index (χ4v) is 3.20. The maximum Gasteiger partial charge on any atom is 0.305 e. The second-order valence-corrected chi connectivity index (χ2v) is 6.98. The van der Waals surface area contributed by atoms with Gasteiger partial charge in [-0.3, -0.25) is 9.59 Å². The predicted molar refractivity (Wildman–Crippen MR) is 109 cm³/mol. The third-order valence-corrected chi connectivity index (χ3v) is 4.74. The number of ether oxygens (including phenoxy) is 1. The smallest absolute Gasteiger partial charge is 0.305 e. The molecule has 8 heteroatoms. The van der Waals surface area contributed by atoms with Gasteiger partial charge in [-0.25, -0.2) is 4.98 Å². The highest BCUT2D eigenvalue weighted by Gasteiger charge is 2.23. The van der Waals surface area contributed by atoms with Gasteiger partial charge >= 0.3 is 5.97 Å². The molecule has 1 atom stereocenters. The quantitative estimate of drug-likeness (QED) is 0.612. The van der Waals surface area contributed by atoms with Gasteiger partial charge in [0.2, 0.25) is 0 Å². The van der Waals surface area contributed by atoms with Crippen molar-refractivity contribution in [1.29, 1.82) is 0 Å². The summed E-state index contributed by atoms with van der Waals surface area (Å²) in [5, 5.41) is 16.0. The van der Waals surface area contributed by atoms with E-state index in [0.29, 0.717) is 34.0 Å². The van der Waals surface area contributed by atoms with Crippen molar-refractivity contribution in [2.75, 3.05) is 7.11 Å². The standard InChI is InChI=1S/C22H23N3O5/c1-12-5-7-15(8-6-12)17(11-19(26)27)24-22(28)16-9-10-18(29-4)21(23-16)20-13(2)25-30-14(20)3/h5-10,17H,11H2,1-4H3,(H,24,28)(H,26,27)/t17-/m0/s1. The van der Waals surface area contributed by atoms with Gasteiger partial charge in [0.15, 0.2) is 0 Å². The Kier molecular flexibility index (Phi) is 6.15. The van der Waals surface area contributed by atoms with Crippen LogP contribution in [0.2, 0.25) is 0 Å². The van der Waals surface area contributed by atoms with Crippen molar-refractivity contribution in [3.05, 3.63) is 64.7 Å². The van der Waals surface area contributed by atoms with Crippen LogP contribution in [-0.4, -0.2) is 34.2 Å². The zero-order valence-corrected chi connectivity index (χ0v) is 17.2. The SMILES string of the molecule is COc1ccc(C(=O)N[C@@H](CC(=O)O)c2ccc(C)cc2)nc1-c1c(C)noc1C. The Morgan fingerprint density at radius 3 is 2.40 bits per heavy atom. The van der Waals surface area contributed by atoms with Gasteiger partial charge in [0.05, 0.1) is 30.8 Å². The van der Waals surface area contributed by atoms with E-state index >= 15 is 0 Å². The minimum absolute atomic E-state index is 0.133. The highest BCUT2D eigenvalue weighted by molar-refractivity contribution is 5.94. The summed E-state index contributed by atoms with van der Waals surface area (Å²) in [6.45, 7) is 5.47. The van der Waals surface area contributed by atoms with Crippen molar-refractivity contribution in [3.63, 3.8) is 0 Å². The molecule has 2 heterocycles. The summed E-state index contributed by atoms with van der Waals surface area (Å²) in [6, 6.07) is 9.83. The van der Waals surface area contributed by atoms with E-state index in [4.69, 9.17) is 9.26 Å². The number of pyridine rings is 1. The van der Waals surface area contributed by atoms with Crippen molar-refractivity contribution >= 4 is 11.9 Å². The van der Waals surface area contributed by atoms with Gasteiger partial charge in [-0.1, -0.05) is 35.0 Å². The zero-order valence-electron chi connectivity index (χ0n) is 17.2. The molecule has 0 spiro atoms. The third kappa shape index (κ3) is 4.48. The van der Waals surface area contributed by atoms with Crippen molar-refractivity contribution in [2.45, 2.75) is 33.2 Å². The summed E-state index contributed by atoms with van der Waals surface area (Å²) in [6.07, 6.45) is -0.248. The van der Waals surface area contributed by atoms with E-state index in [9.17, 15) is 14.7 Å². The summed E-state index contributed by atoms with van der Waals surface area (Å²) in [5.74, 6) is -0.474. The van der Waals surface area contributed by atoms with Crippen LogP contribution in [0, 0.1) is 20.8 Å². The maximum absolute atomic E-state index is 12.9. The van der Waals surface area contributed by atoms with Crippen LogP contribution in [0.3, 0.4) is 0 Å². The molecule has 1 amide bonds. The highest BCUT2D eigenvalue weighted by Crippen LogP contribution is 2.33. The second-order valence-electron chi connectivity index (χ2n) is 6.98. The van der Waals surface area contributed by atoms with E-state index in [1.54, 1.807) is 32.0 Å². The average molecular weight is 409 g/mol. The number of carboxylic acid groups (broad SMARTS) is 1. The van der Waals surface area contributed by atoms with E-state index in [-0.39, 0.29) is 12.1 Å². The van der Waals surface area contributed by atoms with Crippen LogP contribution in [-0.2, 0) is 4.79 Å². The van der Waals surface area contributed by atoms with E-state index in [1.165, 1.54) is 13.2 Å². The summed E-state index contributed by atoms with van der Waals surface area (Å²) in [7, 11) is 1.51. The van der Waals surface area contributed by atoms with Gasteiger partial charge < -0.3 is 19.7 Å². The number of benzene rings is 1. The molecule has 0 aliphatic heterocycles. The van der Waals surface area contributed by atoms with Crippen molar-refractivity contribution in [1.82, 2.24) is 15.5 Å². The molecule has 2 N–H and O–H groups in total. The van der Waals surface area contributed by atoms with E-state index in [2.05, 4.69) is 15.5 Å². The number of carbonyl (C=O) groups excluding carboxylic acids is 1. The molecule has 0 saturated heterocycles. The normalized spacial score (nSPS) is 11.7. The molecule has 3 aromatic rings. The van der Waals surface area contributed by atoms with Crippen LogP contribution in [0.5, 0.6) is 5.75 Å². The Morgan fingerprint density at radius 1 is 1.13 bits per heavy atom. The van der Waals surface area contributed by atoms with Crippen LogP contribution >= 0.6 is 0 Å². The molecule has 2 aromatic heterocycles. The third-order valence-electron chi connectivity index (χ3n) is 4.74. The number of hydrogen-bond acceptors (Lipinski definition) is 6.